The third-order valence-corrected chi connectivity index (χ3v) is 7.57. The van der Waals surface area contributed by atoms with Gasteiger partial charge >= 0.3 is 6.18 Å². The summed E-state index contributed by atoms with van der Waals surface area (Å²) in [5.41, 5.74) is 1.58. The zero-order chi connectivity index (χ0) is 26.4. The highest BCUT2D eigenvalue weighted by molar-refractivity contribution is 7.99. The number of morpholine rings is 1. The molecule has 0 unspecified atom stereocenters. The average molecular weight is 546 g/mol. The molecule has 0 aliphatic carbocycles. The number of aryl methyl sites for hydroxylation is 2. The summed E-state index contributed by atoms with van der Waals surface area (Å²) in [5.74, 6) is 1.07. The molecular formula is C24H26F3N9OS. The van der Waals surface area contributed by atoms with E-state index < -0.39 is 12.0 Å². The predicted molar refractivity (Wildman–Crippen MR) is 137 cm³/mol. The van der Waals surface area contributed by atoms with Gasteiger partial charge in [0.25, 0.3) is 0 Å². The SMILES string of the molecule is Cc1cc(Nc2cc(N3CC(N4CCOCC4)C3)nc(Sc3ccc4nc(C(F)(F)F)n(C)c4c3)n2)n[nH]1. The molecule has 2 N–H and O–H groups in total. The lowest BCUT2D eigenvalue weighted by Gasteiger charge is -2.47. The number of aromatic amines is 1. The van der Waals surface area contributed by atoms with E-state index in [-0.39, 0.29) is 5.52 Å². The minimum Gasteiger partial charge on any atom is -0.379 e. The molecule has 5 heterocycles. The fourth-order valence-electron chi connectivity index (χ4n) is 4.71. The number of fused-ring (bicyclic) bond motifs is 1. The van der Waals surface area contributed by atoms with Crippen LogP contribution in [0.1, 0.15) is 11.5 Å². The van der Waals surface area contributed by atoms with E-state index in [1.165, 1.54) is 18.8 Å². The lowest BCUT2D eigenvalue weighted by atomic mass is 10.1. The predicted octanol–water partition coefficient (Wildman–Crippen LogP) is 3.83. The van der Waals surface area contributed by atoms with Crippen LogP contribution in [-0.4, -0.2) is 80.1 Å². The van der Waals surface area contributed by atoms with Gasteiger partial charge in [-0.15, -0.1) is 0 Å². The van der Waals surface area contributed by atoms with E-state index >= 15 is 0 Å². The highest BCUT2D eigenvalue weighted by Crippen LogP contribution is 2.35. The van der Waals surface area contributed by atoms with Crippen molar-refractivity contribution in [3.8, 4) is 0 Å². The van der Waals surface area contributed by atoms with E-state index in [0.29, 0.717) is 33.2 Å². The monoisotopic (exact) mass is 545 g/mol. The van der Waals surface area contributed by atoms with Crippen LogP contribution in [-0.2, 0) is 18.0 Å². The molecule has 0 spiro atoms. The molecule has 1 aromatic carbocycles. The molecule has 0 radical (unpaired) electrons. The number of hydrogen-bond donors (Lipinski definition) is 2. The van der Waals surface area contributed by atoms with Gasteiger partial charge in [-0.25, -0.2) is 15.0 Å². The quantitative estimate of drug-likeness (QED) is 0.350. The molecule has 14 heteroatoms. The van der Waals surface area contributed by atoms with Crippen molar-refractivity contribution in [3.63, 3.8) is 0 Å². The van der Waals surface area contributed by atoms with Crippen molar-refractivity contribution in [2.75, 3.05) is 49.6 Å². The number of ether oxygens (including phenoxy) is 1. The molecule has 3 aromatic heterocycles. The van der Waals surface area contributed by atoms with Crippen LogP contribution in [0.25, 0.3) is 11.0 Å². The molecule has 0 amide bonds. The molecule has 0 bridgehead atoms. The minimum absolute atomic E-state index is 0.282. The number of aromatic nitrogens is 6. The molecule has 2 saturated heterocycles. The normalized spacial score (nSPS) is 17.2. The Labute approximate surface area is 220 Å². The summed E-state index contributed by atoms with van der Waals surface area (Å²) in [6.45, 7) is 6.99. The average Bonchev–Trinajstić information content (AvgIpc) is 3.41. The van der Waals surface area contributed by atoms with Crippen LogP contribution in [0.4, 0.5) is 30.6 Å². The van der Waals surface area contributed by atoms with Gasteiger partial charge in [0.05, 0.1) is 24.2 Å². The molecule has 38 heavy (non-hydrogen) atoms. The molecular weight excluding hydrogens is 519 g/mol. The van der Waals surface area contributed by atoms with Crippen molar-refractivity contribution >= 4 is 40.2 Å². The standard InChI is InChI=1S/C24H26F3N9OS/c1-14-9-20(33-32-14)29-19-11-21(36-12-15(13-36)35-5-7-37-8-6-35)31-23(30-19)38-16-3-4-17-18(10-16)34(2)22(28-17)24(25,26)27/h3-4,9-11,15H,5-8,12-13H2,1-2H3,(H2,29,30,31,32,33). The smallest absolute Gasteiger partial charge is 0.379 e. The number of nitrogens with one attached hydrogen (secondary N) is 2. The van der Waals surface area contributed by atoms with Gasteiger partial charge in [0.1, 0.15) is 11.6 Å². The second kappa shape index (κ2) is 9.75. The summed E-state index contributed by atoms with van der Waals surface area (Å²) in [6.07, 6.45) is -4.53. The van der Waals surface area contributed by atoms with Gasteiger partial charge in [-0.1, -0.05) is 0 Å². The second-order valence-electron chi connectivity index (χ2n) is 9.41. The summed E-state index contributed by atoms with van der Waals surface area (Å²) >= 11 is 1.29. The van der Waals surface area contributed by atoms with Crippen molar-refractivity contribution < 1.29 is 17.9 Å². The lowest BCUT2D eigenvalue weighted by Crippen LogP contribution is -2.61. The minimum atomic E-state index is -4.53. The maximum Gasteiger partial charge on any atom is 0.449 e. The zero-order valence-corrected chi connectivity index (χ0v) is 21.6. The third-order valence-electron chi connectivity index (χ3n) is 6.72. The van der Waals surface area contributed by atoms with E-state index in [0.717, 1.165) is 55.5 Å². The van der Waals surface area contributed by atoms with Crippen molar-refractivity contribution in [1.82, 2.24) is 34.6 Å². The Morgan fingerprint density at radius 3 is 2.55 bits per heavy atom. The first-order valence-electron chi connectivity index (χ1n) is 12.2. The first-order chi connectivity index (χ1) is 18.2. The van der Waals surface area contributed by atoms with E-state index in [9.17, 15) is 13.2 Å². The first kappa shape index (κ1) is 24.9. The summed E-state index contributed by atoms with van der Waals surface area (Å²) in [5, 5.41) is 10.8. The molecule has 2 fully saturated rings. The van der Waals surface area contributed by atoms with Crippen LogP contribution >= 0.6 is 11.8 Å². The Balaban J connectivity index is 1.27. The van der Waals surface area contributed by atoms with Crippen LogP contribution in [0, 0.1) is 6.92 Å². The number of H-pyrrole nitrogens is 1. The van der Waals surface area contributed by atoms with Crippen molar-refractivity contribution in [3.05, 3.63) is 41.9 Å². The molecule has 0 atom stereocenters. The number of benzene rings is 1. The lowest BCUT2D eigenvalue weighted by molar-refractivity contribution is -0.146. The van der Waals surface area contributed by atoms with Crippen LogP contribution in [0.2, 0.25) is 0 Å². The number of rotatable bonds is 6. The highest BCUT2D eigenvalue weighted by Gasteiger charge is 2.37. The number of nitrogens with zero attached hydrogens (tertiary/aromatic N) is 7. The van der Waals surface area contributed by atoms with Gasteiger partial charge in [0, 0.05) is 62.0 Å². The Morgan fingerprint density at radius 2 is 1.84 bits per heavy atom. The molecule has 0 saturated carbocycles. The summed E-state index contributed by atoms with van der Waals surface area (Å²) < 4.78 is 46.5. The summed E-state index contributed by atoms with van der Waals surface area (Å²) in [6, 6.07) is 9.22. The van der Waals surface area contributed by atoms with Crippen molar-refractivity contribution in [2.45, 2.75) is 29.2 Å². The van der Waals surface area contributed by atoms with Gasteiger partial charge in [-0.05, 0) is 36.9 Å². The van der Waals surface area contributed by atoms with Gasteiger partial charge in [0.2, 0.25) is 5.82 Å². The number of halogens is 3. The van der Waals surface area contributed by atoms with E-state index in [4.69, 9.17) is 9.72 Å². The molecule has 6 rings (SSSR count). The zero-order valence-electron chi connectivity index (χ0n) is 20.8. The van der Waals surface area contributed by atoms with E-state index in [2.05, 4.69) is 35.3 Å². The molecule has 10 nitrogen and oxygen atoms in total. The largest absolute Gasteiger partial charge is 0.449 e. The Hall–Kier alpha value is -3.36. The van der Waals surface area contributed by atoms with Crippen molar-refractivity contribution in [2.24, 2.45) is 7.05 Å². The highest BCUT2D eigenvalue weighted by atomic mass is 32.2. The van der Waals surface area contributed by atoms with Gasteiger partial charge in [0.15, 0.2) is 11.0 Å². The van der Waals surface area contributed by atoms with E-state index in [1.54, 1.807) is 18.2 Å². The number of alkyl halides is 3. The van der Waals surface area contributed by atoms with Gasteiger partial charge < -0.3 is 19.5 Å². The second-order valence-corrected chi connectivity index (χ2v) is 10.4. The Bertz CT molecular complexity index is 1460. The number of hydrogen-bond acceptors (Lipinski definition) is 9. The molecule has 4 aromatic rings. The van der Waals surface area contributed by atoms with Crippen LogP contribution in [0.5, 0.6) is 0 Å². The van der Waals surface area contributed by atoms with E-state index in [1.807, 2.05) is 19.1 Å². The third kappa shape index (κ3) is 5.02. The molecule has 2 aliphatic heterocycles. The summed E-state index contributed by atoms with van der Waals surface area (Å²) in [4.78, 5) is 18.6. The maximum absolute atomic E-state index is 13.3. The summed E-state index contributed by atoms with van der Waals surface area (Å²) in [7, 11) is 1.37. The Morgan fingerprint density at radius 1 is 1.05 bits per heavy atom. The molecule has 2 aliphatic rings. The van der Waals surface area contributed by atoms with Crippen molar-refractivity contribution in [1.29, 1.82) is 0 Å². The van der Waals surface area contributed by atoms with Crippen LogP contribution < -0.4 is 10.2 Å². The topological polar surface area (TPSA) is 100 Å². The molecule has 200 valence electrons. The maximum atomic E-state index is 13.3. The van der Waals surface area contributed by atoms with Gasteiger partial charge in [-0.2, -0.15) is 18.3 Å². The van der Waals surface area contributed by atoms with Gasteiger partial charge in [-0.3, -0.25) is 10.00 Å². The first-order valence-corrected chi connectivity index (χ1v) is 13.0. The Kier molecular flexibility index (Phi) is 6.40. The van der Waals surface area contributed by atoms with Crippen LogP contribution in [0.3, 0.4) is 0 Å². The van der Waals surface area contributed by atoms with Crippen LogP contribution in [0.15, 0.2) is 40.4 Å². The fourth-order valence-corrected chi connectivity index (χ4v) is 5.51. The number of imidazole rings is 1. The fraction of sp³-hybridized carbons (Fsp3) is 0.417. The number of anilines is 3.